The van der Waals surface area contributed by atoms with Gasteiger partial charge in [-0.2, -0.15) is 0 Å². The lowest BCUT2D eigenvalue weighted by molar-refractivity contribution is 0.975. The standard InChI is InChI=1S/C41H29N3/c1-25-26(2)38(28-14-5-3-6-15-28)33-23-34-37(24-32(25)33)44(36-22-21-27-13-9-10-18-30(27)39(34)36)41-42-35-20-12-11-19-31(35)40(43-41)29-16-7-4-8-17-29/h3-24,38H,1-2H3. The molecular weight excluding hydrogens is 534 g/mol. The highest BCUT2D eigenvalue weighted by molar-refractivity contribution is 6.22. The van der Waals surface area contributed by atoms with Crippen LogP contribution in [0.3, 0.4) is 0 Å². The normalized spacial score (nSPS) is 14.7. The first-order chi connectivity index (χ1) is 21.7. The van der Waals surface area contributed by atoms with Crippen molar-refractivity contribution in [1.29, 1.82) is 0 Å². The van der Waals surface area contributed by atoms with E-state index in [9.17, 15) is 0 Å². The first kappa shape index (κ1) is 25.0. The highest BCUT2D eigenvalue weighted by Crippen LogP contribution is 2.48. The number of nitrogens with zero attached hydrogens (tertiary/aromatic N) is 3. The van der Waals surface area contributed by atoms with Gasteiger partial charge in [-0.05, 0) is 71.1 Å². The van der Waals surface area contributed by atoms with Gasteiger partial charge >= 0.3 is 0 Å². The fraction of sp³-hybridized carbons (Fsp3) is 0.0732. The summed E-state index contributed by atoms with van der Waals surface area (Å²) >= 11 is 0. The van der Waals surface area contributed by atoms with Crippen LogP contribution in [0.2, 0.25) is 0 Å². The Kier molecular flexibility index (Phi) is 5.39. The molecule has 0 bridgehead atoms. The molecule has 9 rings (SSSR count). The van der Waals surface area contributed by atoms with Crippen LogP contribution in [0.4, 0.5) is 0 Å². The lowest BCUT2D eigenvalue weighted by Gasteiger charge is -2.16. The van der Waals surface area contributed by atoms with Crippen LogP contribution < -0.4 is 0 Å². The molecule has 0 saturated carbocycles. The average molecular weight is 564 g/mol. The van der Waals surface area contributed by atoms with Crippen LogP contribution in [0.25, 0.3) is 66.3 Å². The second-order valence-corrected chi connectivity index (χ2v) is 11.9. The molecule has 2 aromatic heterocycles. The summed E-state index contributed by atoms with van der Waals surface area (Å²) in [5.74, 6) is 0.930. The summed E-state index contributed by atoms with van der Waals surface area (Å²) in [4.78, 5) is 10.5. The van der Waals surface area contributed by atoms with Gasteiger partial charge in [-0.25, -0.2) is 9.97 Å². The molecule has 1 aliphatic rings. The first-order valence-corrected chi connectivity index (χ1v) is 15.2. The minimum absolute atomic E-state index is 0.241. The molecule has 1 unspecified atom stereocenters. The molecule has 208 valence electrons. The Morgan fingerprint density at radius 2 is 1.30 bits per heavy atom. The molecule has 0 saturated heterocycles. The summed E-state index contributed by atoms with van der Waals surface area (Å²) in [6.45, 7) is 4.56. The third-order valence-corrected chi connectivity index (χ3v) is 9.54. The zero-order valence-electron chi connectivity index (χ0n) is 24.6. The van der Waals surface area contributed by atoms with Crippen molar-refractivity contribution >= 4 is 49.1 Å². The average Bonchev–Trinajstić information content (AvgIpc) is 3.54. The fourth-order valence-electron chi connectivity index (χ4n) is 7.35. The van der Waals surface area contributed by atoms with Crippen molar-refractivity contribution in [1.82, 2.24) is 14.5 Å². The monoisotopic (exact) mass is 563 g/mol. The number of fused-ring (bicyclic) bond motifs is 7. The van der Waals surface area contributed by atoms with Crippen LogP contribution in [-0.4, -0.2) is 14.5 Å². The summed E-state index contributed by atoms with van der Waals surface area (Å²) in [5.41, 5.74) is 12.0. The Hall–Kier alpha value is -5.54. The van der Waals surface area contributed by atoms with Gasteiger partial charge in [0.15, 0.2) is 0 Å². The lowest BCUT2D eigenvalue weighted by Crippen LogP contribution is -2.04. The van der Waals surface area contributed by atoms with Crippen LogP contribution in [0.1, 0.15) is 36.5 Å². The van der Waals surface area contributed by atoms with Crippen LogP contribution >= 0.6 is 0 Å². The highest BCUT2D eigenvalue weighted by Gasteiger charge is 2.30. The second-order valence-electron chi connectivity index (χ2n) is 11.9. The van der Waals surface area contributed by atoms with E-state index in [1.807, 2.05) is 6.07 Å². The summed E-state index contributed by atoms with van der Waals surface area (Å²) in [7, 11) is 0. The van der Waals surface area contributed by atoms with E-state index in [-0.39, 0.29) is 5.92 Å². The molecule has 0 amide bonds. The van der Waals surface area contributed by atoms with Crippen LogP contribution in [-0.2, 0) is 0 Å². The van der Waals surface area contributed by atoms with Gasteiger partial charge in [0, 0.05) is 27.6 Å². The number of benzene rings is 6. The van der Waals surface area contributed by atoms with Crippen molar-refractivity contribution in [2.75, 3.05) is 0 Å². The van der Waals surface area contributed by atoms with Gasteiger partial charge in [0.2, 0.25) is 5.95 Å². The minimum Gasteiger partial charge on any atom is -0.278 e. The van der Waals surface area contributed by atoms with E-state index in [0.29, 0.717) is 5.95 Å². The molecule has 6 aromatic carbocycles. The van der Waals surface area contributed by atoms with Crippen LogP contribution in [0.15, 0.2) is 139 Å². The molecular formula is C41H29N3. The topological polar surface area (TPSA) is 30.7 Å². The third-order valence-electron chi connectivity index (χ3n) is 9.54. The number of para-hydroxylation sites is 1. The molecule has 1 aliphatic carbocycles. The zero-order valence-corrected chi connectivity index (χ0v) is 24.6. The Bertz CT molecular complexity index is 2450. The van der Waals surface area contributed by atoms with E-state index >= 15 is 0 Å². The van der Waals surface area contributed by atoms with Gasteiger partial charge in [-0.15, -0.1) is 0 Å². The molecule has 1 atom stereocenters. The molecule has 0 radical (unpaired) electrons. The number of allylic oxidation sites excluding steroid dienone is 2. The van der Waals surface area contributed by atoms with Crippen LogP contribution in [0, 0.1) is 0 Å². The van der Waals surface area contributed by atoms with Crippen molar-refractivity contribution < 1.29 is 0 Å². The van der Waals surface area contributed by atoms with Gasteiger partial charge in [-0.1, -0.05) is 115 Å². The summed E-state index contributed by atoms with van der Waals surface area (Å²) < 4.78 is 2.29. The molecule has 3 heteroatoms. The first-order valence-electron chi connectivity index (χ1n) is 15.2. The van der Waals surface area contributed by atoms with E-state index in [2.05, 4.69) is 146 Å². The maximum atomic E-state index is 5.32. The summed E-state index contributed by atoms with van der Waals surface area (Å²) in [6, 6.07) is 47.7. The highest BCUT2D eigenvalue weighted by atomic mass is 15.2. The Morgan fingerprint density at radius 3 is 2.11 bits per heavy atom. The summed E-state index contributed by atoms with van der Waals surface area (Å²) in [5, 5.41) is 6.00. The quantitative estimate of drug-likeness (QED) is 0.214. The van der Waals surface area contributed by atoms with E-state index in [1.54, 1.807) is 0 Å². The number of rotatable bonds is 3. The van der Waals surface area contributed by atoms with E-state index in [1.165, 1.54) is 49.4 Å². The molecule has 0 fully saturated rings. The lowest BCUT2D eigenvalue weighted by atomic mass is 9.88. The Labute approximate surface area is 255 Å². The van der Waals surface area contributed by atoms with Gasteiger partial charge < -0.3 is 0 Å². The van der Waals surface area contributed by atoms with Gasteiger partial charge in [0.05, 0.1) is 22.2 Å². The predicted molar refractivity (Wildman–Crippen MR) is 183 cm³/mol. The summed E-state index contributed by atoms with van der Waals surface area (Å²) in [6.07, 6.45) is 0. The fourth-order valence-corrected chi connectivity index (χ4v) is 7.35. The number of hydrogen-bond acceptors (Lipinski definition) is 2. The Morgan fingerprint density at radius 1 is 0.591 bits per heavy atom. The molecule has 0 aliphatic heterocycles. The van der Waals surface area contributed by atoms with E-state index in [0.717, 1.165) is 33.2 Å². The van der Waals surface area contributed by atoms with Crippen molar-refractivity contribution in [3.63, 3.8) is 0 Å². The van der Waals surface area contributed by atoms with E-state index < -0.39 is 0 Å². The van der Waals surface area contributed by atoms with E-state index in [4.69, 9.17) is 9.97 Å². The number of hydrogen-bond donors (Lipinski definition) is 0. The maximum Gasteiger partial charge on any atom is 0.235 e. The van der Waals surface area contributed by atoms with Crippen molar-refractivity contribution in [3.8, 4) is 17.2 Å². The van der Waals surface area contributed by atoms with Gasteiger partial charge in [0.25, 0.3) is 0 Å². The largest absolute Gasteiger partial charge is 0.278 e. The molecule has 0 spiro atoms. The molecule has 0 N–H and O–H groups in total. The van der Waals surface area contributed by atoms with Gasteiger partial charge in [-0.3, -0.25) is 4.57 Å². The maximum absolute atomic E-state index is 5.32. The van der Waals surface area contributed by atoms with Gasteiger partial charge in [0.1, 0.15) is 0 Å². The molecule has 2 heterocycles. The third kappa shape index (κ3) is 3.56. The molecule has 3 nitrogen and oxygen atoms in total. The SMILES string of the molecule is CC1=C(C)C(c2ccccc2)c2cc3c4c5ccccc5ccc4n(-c4nc(-c5ccccc5)c5ccccc5n4)c3cc21. The predicted octanol–water partition coefficient (Wildman–Crippen LogP) is 10.5. The van der Waals surface area contributed by atoms with Crippen LogP contribution in [0.5, 0.6) is 0 Å². The van der Waals surface area contributed by atoms with Crippen molar-refractivity contribution in [3.05, 3.63) is 156 Å². The molecule has 8 aromatic rings. The Balaban J connectivity index is 1.42. The smallest absolute Gasteiger partial charge is 0.235 e. The molecule has 44 heavy (non-hydrogen) atoms. The van der Waals surface area contributed by atoms with Crippen molar-refractivity contribution in [2.45, 2.75) is 19.8 Å². The minimum atomic E-state index is 0.241. The second kappa shape index (κ2) is 9.48. The number of aromatic nitrogens is 3. The zero-order chi connectivity index (χ0) is 29.4. The van der Waals surface area contributed by atoms with Crippen molar-refractivity contribution in [2.24, 2.45) is 0 Å².